The van der Waals surface area contributed by atoms with Gasteiger partial charge in [0, 0.05) is 17.5 Å². The number of alkyl halides is 3. The van der Waals surface area contributed by atoms with E-state index >= 15 is 0 Å². The molecule has 2 N–H and O–H groups in total. The van der Waals surface area contributed by atoms with Crippen LogP contribution in [0.3, 0.4) is 0 Å². The lowest BCUT2D eigenvalue weighted by Crippen LogP contribution is -2.25. The number of para-hydroxylation sites is 1. The number of nitrogens with one attached hydrogen (secondary N) is 2. The smallest absolute Gasteiger partial charge is 0.349 e. The highest BCUT2D eigenvalue weighted by atomic mass is 32.1. The topological polar surface area (TPSA) is 71.1 Å². The van der Waals surface area contributed by atoms with Gasteiger partial charge in [-0.05, 0) is 24.3 Å². The summed E-state index contributed by atoms with van der Waals surface area (Å²) in [5.41, 5.74) is 0.969. The van der Waals surface area contributed by atoms with Crippen molar-refractivity contribution < 1.29 is 22.8 Å². The van der Waals surface area contributed by atoms with Gasteiger partial charge in [0.25, 0.3) is 5.91 Å². The molecule has 0 aliphatic heterocycles. The molecule has 5 nitrogen and oxygen atoms in total. The average molecular weight is 445 g/mol. The maximum Gasteiger partial charge on any atom is 0.416 e. The molecule has 0 bridgehead atoms. The molecular weight excluding hydrogens is 427 g/mol. The van der Waals surface area contributed by atoms with Crippen LogP contribution >= 0.6 is 11.3 Å². The molecule has 0 aliphatic carbocycles. The van der Waals surface area contributed by atoms with Crippen molar-refractivity contribution in [1.82, 2.24) is 10.3 Å². The van der Waals surface area contributed by atoms with Gasteiger partial charge in [-0.2, -0.15) is 13.2 Å². The van der Waals surface area contributed by atoms with Crippen LogP contribution in [-0.2, 0) is 17.4 Å². The van der Waals surface area contributed by atoms with E-state index in [9.17, 15) is 22.8 Å². The fraction of sp³-hybridized carbons (Fsp3) is 0.136. The minimum absolute atomic E-state index is 0.0419. The molecule has 2 amide bonds. The number of amides is 2. The first kappa shape index (κ1) is 22.2. The van der Waals surface area contributed by atoms with Crippen LogP contribution in [-0.4, -0.2) is 23.3 Å². The second kappa shape index (κ2) is 9.57. The van der Waals surface area contributed by atoms with Gasteiger partial charge in [-0.1, -0.05) is 30.3 Å². The minimum atomic E-state index is -4.40. The third-order valence-electron chi connectivity index (χ3n) is 4.21. The Labute approximate surface area is 180 Å². The van der Waals surface area contributed by atoms with Crippen LogP contribution in [0.5, 0.6) is 0 Å². The summed E-state index contributed by atoms with van der Waals surface area (Å²) in [5.74, 6) is -0.706. The van der Waals surface area contributed by atoms with Crippen LogP contribution in [0.1, 0.15) is 21.6 Å². The quantitative estimate of drug-likeness (QED) is 0.507. The van der Waals surface area contributed by atoms with Gasteiger partial charge in [-0.25, -0.2) is 4.98 Å². The molecule has 0 saturated heterocycles. The highest BCUT2D eigenvalue weighted by Crippen LogP contribution is 2.31. The Kier molecular flexibility index (Phi) is 6.86. The van der Waals surface area contributed by atoms with Crippen molar-refractivity contribution in [2.24, 2.45) is 0 Å². The number of carbonyl (C=O) groups excluding carboxylic acids is 2. The molecule has 0 radical (unpaired) electrons. The Morgan fingerprint density at radius 2 is 1.81 bits per heavy atom. The summed E-state index contributed by atoms with van der Waals surface area (Å²) in [6, 6.07) is 11.3. The zero-order valence-electron chi connectivity index (χ0n) is 16.2. The van der Waals surface area contributed by atoms with Crippen LogP contribution in [0.25, 0.3) is 10.6 Å². The molecule has 1 aromatic heterocycles. The van der Waals surface area contributed by atoms with E-state index in [4.69, 9.17) is 0 Å². The maximum atomic E-state index is 12.7. The summed E-state index contributed by atoms with van der Waals surface area (Å²) < 4.78 is 38.1. The van der Waals surface area contributed by atoms with Gasteiger partial charge < -0.3 is 10.6 Å². The fourth-order valence-electron chi connectivity index (χ4n) is 2.73. The number of rotatable bonds is 7. The van der Waals surface area contributed by atoms with Gasteiger partial charge in [0.05, 0.1) is 28.9 Å². The number of thiazole rings is 1. The number of hydrogen-bond donors (Lipinski definition) is 2. The lowest BCUT2D eigenvalue weighted by molar-refractivity contribution is -0.137. The highest BCUT2D eigenvalue weighted by molar-refractivity contribution is 7.13. The molecular formula is C22H18F3N3O2S. The molecule has 0 aliphatic rings. The van der Waals surface area contributed by atoms with E-state index < -0.39 is 11.7 Å². The summed E-state index contributed by atoms with van der Waals surface area (Å²) in [7, 11) is 0. The van der Waals surface area contributed by atoms with E-state index in [1.165, 1.54) is 23.5 Å². The maximum absolute atomic E-state index is 12.7. The van der Waals surface area contributed by atoms with Crippen molar-refractivity contribution in [3.05, 3.63) is 83.4 Å². The second-order valence-electron chi connectivity index (χ2n) is 6.49. The van der Waals surface area contributed by atoms with Crippen molar-refractivity contribution in [3.8, 4) is 10.6 Å². The van der Waals surface area contributed by atoms with Crippen molar-refractivity contribution in [3.63, 3.8) is 0 Å². The van der Waals surface area contributed by atoms with Crippen LogP contribution < -0.4 is 10.6 Å². The average Bonchev–Trinajstić information content (AvgIpc) is 3.20. The third kappa shape index (κ3) is 5.79. The molecule has 9 heteroatoms. The first-order valence-corrected chi connectivity index (χ1v) is 10.1. The van der Waals surface area contributed by atoms with Gasteiger partial charge in [0.2, 0.25) is 5.91 Å². The fourth-order valence-corrected chi connectivity index (χ4v) is 3.56. The van der Waals surface area contributed by atoms with Crippen LogP contribution in [0.4, 0.5) is 18.9 Å². The first-order chi connectivity index (χ1) is 14.8. The Morgan fingerprint density at radius 1 is 1.10 bits per heavy atom. The molecule has 2 aromatic carbocycles. The Balaban J connectivity index is 1.67. The van der Waals surface area contributed by atoms with Crippen molar-refractivity contribution in [1.29, 1.82) is 0 Å². The Bertz CT molecular complexity index is 1090. The van der Waals surface area contributed by atoms with Gasteiger partial charge in [-0.3, -0.25) is 9.59 Å². The zero-order valence-corrected chi connectivity index (χ0v) is 17.0. The predicted octanol–water partition coefficient (Wildman–Crippen LogP) is 4.93. The molecule has 3 aromatic rings. The number of anilines is 1. The number of hydrogen-bond acceptors (Lipinski definition) is 4. The number of carbonyl (C=O) groups is 2. The molecule has 0 saturated carbocycles. The van der Waals surface area contributed by atoms with E-state index in [2.05, 4.69) is 22.2 Å². The monoisotopic (exact) mass is 445 g/mol. The largest absolute Gasteiger partial charge is 0.416 e. The Morgan fingerprint density at radius 3 is 2.48 bits per heavy atom. The first-order valence-electron chi connectivity index (χ1n) is 9.18. The molecule has 0 unspecified atom stereocenters. The van der Waals surface area contributed by atoms with Crippen LogP contribution in [0.2, 0.25) is 0 Å². The van der Waals surface area contributed by atoms with Crippen molar-refractivity contribution in [2.45, 2.75) is 12.6 Å². The van der Waals surface area contributed by atoms with Crippen LogP contribution in [0.15, 0.2) is 66.6 Å². The molecule has 0 fully saturated rings. The van der Waals surface area contributed by atoms with E-state index in [0.29, 0.717) is 34.1 Å². The van der Waals surface area contributed by atoms with E-state index in [0.717, 1.165) is 12.1 Å². The van der Waals surface area contributed by atoms with Crippen molar-refractivity contribution >= 4 is 28.8 Å². The normalized spacial score (nSPS) is 11.1. The molecule has 0 spiro atoms. The number of aromatic nitrogens is 1. The minimum Gasteiger partial charge on any atom is -0.349 e. The molecule has 3 rings (SSSR count). The molecule has 31 heavy (non-hydrogen) atoms. The summed E-state index contributed by atoms with van der Waals surface area (Å²) in [6.45, 7) is 3.84. The molecule has 160 valence electrons. The summed E-state index contributed by atoms with van der Waals surface area (Å²) in [5, 5.41) is 7.55. The number of nitrogens with zero attached hydrogens (tertiary/aromatic N) is 1. The van der Waals surface area contributed by atoms with E-state index in [1.807, 2.05) is 0 Å². The summed E-state index contributed by atoms with van der Waals surface area (Å²) >= 11 is 1.24. The van der Waals surface area contributed by atoms with Gasteiger partial charge >= 0.3 is 6.18 Å². The van der Waals surface area contributed by atoms with Gasteiger partial charge in [-0.15, -0.1) is 17.9 Å². The summed E-state index contributed by atoms with van der Waals surface area (Å²) in [4.78, 5) is 29.0. The SMILES string of the molecule is C=CCNC(=O)c1ccccc1NC(=O)Cc1csc(-c2ccc(C(F)(F)F)cc2)n1. The number of halogens is 3. The van der Waals surface area contributed by atoms with Gasteiger partial charge in [0.1, 0.15) is 5.01 Å². The van der Waals surface area contributed by atoms with Gasteiger partial charge in [0.15, 0.2) is 0 Å². The second-order valence-corrected chi connectivity index (χ2v) is 7.35. The number of benzene rings is 2. The standard InChI is InChI=1S/C22H18F3N3O2S/c1-2-11-26-20(30)17-5-3-4-6-18(17)28-19(29)12-16-13-31-21(27-16)14-7-9-15(10-8-14)22(23,24)25/h2-10,13H,1,11-12H2,(H,26,30)(H,28,29). The van der Waals surface area contributed by atoms with Crippen molar-refractivity contribution in [2.75, 3.05) is 11.9 Å². The van der Waals surface area contributed by atoms with E-state index in [1.54, 1.807) is 35.7 Å². The third-order valence-corrected chi connectivity index (χ3v) is 5.15. The van der Waals surface area contributed by atoms with Crippen LogP contribution in [0, 0.1) is 0 Å². The summed E-state index contributed by atoms with van der Waals surface area (Å²) in [6.07, 6.45) is -2.89. The zero-order chi connectivity index (χ0) is 22.4. The highest BCUT2D eigenvalue weighted by Gasteiger charge is 2.30. The lowest BCUT2D eigenvalue weighted by atomic mass is 10.1. The predicted molar refractivity (Wildman–Crippen MR) is 114 cm³/mol. The molecule has 0 atom stereocenters. The Hall–Kier alpha value is -3.46. The van der Waals surface area contributed by atoms with E-state index in [-0.39, 0.29) is 18.2 Å². The molecule has 1 heterocycles. The lowest BCUT2D eigenvalue weighted by Gasteiger charge is -2.10.